The topological polar surface area (TPSA) is 55.1 Å². The van der Waals surface area contributed by atoms with Crippen LogP contribution in [0.4, 0.5) is 14.9 Å². The zero-order valence-electron chi connectivity index (χ0n) is 5.97. The second-order valence-electron chi connectivity index (χ2n) is 2.11. The first-order chi connectivity index (χ1) is 5.59. The number of nitrogens with one attached hydrogen (secondary N) is 1. The number of urea groups is 1. The summed E-state index contributed by atoms with van der Waals surface area (Å²) in [5.41, 5.74) is 5.31. The Labute approximate surface area is 76.9 Å². The Kier molecular flexibility index (Phi) is 2.65. The molecular formula is C7H6BrFN2O. The molecule has 12 heavy (non-hydrogen) atoms. The lowest BCUT2D eigenvalue weighted by molar-refractivity contribution is 0.259. The number of halogens is 2. The number of primary amides is 1. The van der Waals surface area contributed by atoms with Gasteiger partial charge in [0.1, 0.15) is 5.82 Å². The first-order valence-corrected chi connectivity index (χ1v) is 3.90. The largest absolute Gasteiger partial charge is 0.351 e. The van der Waals surface area contributed by atoms with Crippen LogP contribution in [-0.4, -0.2) is 6.03 Å². The number of rotatable bonds is 1. The molecule has 0 saturated heterocycles. The van der Waals surface area contributed by atoms with Crippen LogP contribution in [0.3, 0.4) is 0 Å². The van der Waals surface area contributed by atoms with E-state index in [1.165, 1.54) is 18.2 Å². The Morgan fingerprint density at radius 3 is 2.75 bits per heavy atom. The molecule has 0 unspecified atom stereocenters. The molecule has 0 heterocycles. The molecule has 64 valence electrons. The van der Waals surface area contributed by atoms with Crippen LogP contribution in [0, 0.1) is 5.82 Å². The molecule has 5 heteroatoms. The van der Waals surface area contributed by atoms with Crippen LogP contribution in [0.2, 0.25) is 0 Å². The normalized spacial score (nSPS) is 9.50. The van der Waals surface area contributed by atoms with Crippen molar-refractivity contribution in [3.8, 4) is 0 Å². The van der Waals surface area contributed by atoms with Crippen molar-refractivity contribution in [1.82, 2.24) is 0 Å². The number of carbonyl (C=O) groups excluding carboxylic acids is 1. The Morgan fingerprint density at radius 1 is 1.58 bits per heavy atom. The molecule has 0 aliphatic rings. The lowest BCUT2D eigenvalue weighted by Gasteiger charge is -2.03. The lowest BCUT2D eigenvalue weighted by Crippen LogP contribution is -2.19. The predicted molar refractivity (Wildman–Crippen MR) is 47.3 cm³/mol. The molecule has 0 bridgehead atoms. The maximum absolute atomic E-state index is 12.5. The van der Waals surface area contributed by atoms with Crippen molar-refractivity contribution in [3.05, 3.63) is 28.5 Å². The SMILES string of the molecule is NC(=O)Nc1ccc(F)cc1Br. The van der Waals surface area contributed by atoms with Crippen LogP contribution < -0.4 is 11.1 Å². The van der Waals surface area contributed by atoms with Gasteiger partial charge in [-0.15, -0.1) is 0 Å². The highest BCUT2D eigenvalue weighted by Gasteiger charge is 2.02. The zero-order valence-corrected chi connectivity index (χ0v) is 7.56. The highest BCUT2D eigenvalue weighted by molar-refractivity contribution is 9.10. The van der Waals surface area contributed by atoms with E-state index in [4.69, 9.17) is 5.73 Å². The third-order valence-electron chi connectivity index (χ3n) is 1.19. The van der Waals surface area contributed by atoms with Gasteiger partial charge in [-0.1, -0.05) is 0 Å². The summed E-state index contributed by atoms with van der Waals surface area (Å²) in [4.78, 5) is 10.4. The van der Waals surface area contributed by atoms with Gasteiger partial charge in [0.25, 0.3) is 0 Å². The Bertz CT molecular complexity index is 316. The number of amides is 2. The van der Waals surface area contributed by atoms with Gasteiger partial charge in [0, 0.05) is 4.47 Å². The first kappa shape index (κ1) is 8.99. The molecule has 0 saturated carbocycles. The van der Waals surface area contributed by atoms with E-state index in [-0.39, 0.29) is 5.82 Å². The highest BCUT2D eigenvalue weighted by Crippen LogP contribution is 2.22. The van der Waals surface area contributed by atoms with Crippen LogP contribution in [-0.2, 0) is 0 Å². The maximum atomic E-state index is 12.5. The van der Waals surface area contributed by atoms with Crippen LogP contribution in [0.15, 0.2) is 22.7 Å². The molecule has 0 spiro atoms. The van der Waals surface area contributed by atoms with Crippen molar-refractivity contribution in [2.45, 2.75) is 0 Å². The summed E-state index contributed by atoms with van der Waals surface area (Å²) in [5, 5.41) is 2.33. The first-order valence-electron chi connectivity index (χ1n) is 3.11. The molecule has 0 aliphatic heterocycles. The monoisotopic (exact) mass is 232 g/mol. The summed E-state index contributed by atoms with van der Waals surface area (Å²) in [6.45, 7) is 0. The lowest BCUT2D eigenvalue weighted by atomic mass is 10.3. The summed E-state index contributed by atoms with van der Waals surface area (Å²) in [6, 6.07) is 3.22. The van der Waals surface area contributed by atoms with Crippen LogP contribution in [0.5, 0.6) is 0 Å². The summed E-state index contributed by atoms with van der Waals surface area (Å²) >= 11 is 3.07. The van der Waals surface area contributed by atoms with Crippen LogP contribution >= 0.6 is 15.9 Å². The quantitative estimate of drug-likeness (QED) is 0.766. The molecule has 2 amide bonds. The third kappa shape index (κ3) is 2.20. The Hall–Kier alpha value is -1.10. The average molecular weight is 233 g/mol. The molecule has 3 N–H and O–H groups in total. The Morgan fingerprint density at radius 2 is 2.25 bits per heavy atom. The van der Waals surface area contributed by atoms with E-state index in [9.17, 15) is 9.18 Å². The van der Waals surface area contributed by atoms with Gasteiger partial charge in [-0.05, 0) is 34.1 Å². The number of hydrogen-bond donors (Lipinski definition) is 2. The van der Waals surface area contributed by atoms with Gasteiger partial charge in [0.2, 0.25) is 0 Å². The van der Waals surface area contributed by atoms with Crippen molar-refractivity contribution in [2.75, 3.05) is 5.32 Å². The van der Waals surface area contributed by atoms with E-state index >= 15 is 0 Å². The van der Waals surface area contributed by atoms with E-state index in [1.54, 1.807) is 0 Å². The molecule has 0 radical (unpaired) electrons. The summed E-state index contributed by atoms with van der Waals surface area (Å²) in [5.74, 6) is -0.378. The van der Waals surface area contributed by atoms with Gasteiger partial charge in [-0.25, -0.2) is 9.18 Å². The second kappa shape index (κ2) is 3.53. The number of nitrogens with two attached hydrogens (primary N) is 1. The van der Waals surface area contributed by atoms with Crippen molar-refractivity contribution < 1.29 is 9.18 Å². The molecule has 1 rings (SSSR count). The molecule has 0 aliphatic carbocycles. The smallest absolute Gasteiger partial charge is 0.316 e. The zero-order chi connectivity index (χ0) is 9.14. The van der Waals surface area contributed by atoms with E-state index in [0.29, 0.717) is 10.2 Å². The highest BCUT2D eigenvalue weighted by atomic mass is 79.9. The van der Waals surface area contributed by atoms with Crippen LogP contribution in [0.25, 0.3) is 0 Å². The standard InChI is InChI=1S/C7H6BrFN2O/c8-5-3-4(9)1-2-6(5)11-7(10)12/h1-3H,(H3,10,11,12). The summed E-state index contributed by atoms with van der Waals surface area (Å²) < 4.78 is 13.0. The third-order valence-corrected chi connectivity index (χ3v) is 1.85. The van der Waals surface area contributed by atoms with E-state index in [2.05, 4.69) is 21.2 Å². The predicted octanol–water partition coefficient (Wildman–Crippen LogP) is 2.08. The molecule has 1 aromatic carbocycles. The molecule has 0 atom stereocenters. The average Bonchev–Trinajstić information content (AvgIpc) is 1.94. The number of benzene rings is 1. The van der Waals surface area contributed by atoms with Gasteiger partial charge >= 0.3 is 6.03 Å². The fraction of sp³-hybridized carbons (Fsp3) is 0. The minimum atomic E-state index is -0.678. The number of carbonyl (C=O) groups is 1. The number of hydrogen-bond acceptors (Lipinski definition) is 1. The molecule has 0 fully saturated rings. The van der Waals surface area contributed by atoms with Gasteiger partial charge in [-0.2, -0.15) is 0 Å². The van der Waals surface area contributed by atoms with Crippen molar-refractivity contribution >= 4 is 27.6 Å². The maximum Gasteiger partial charge on any atom is 0.316 e. The van der Waals surface area contributed by atoms with Crippen molar-refractivity contribution in [2.24, 2.45) is 5.73 Å². The van der Waals surface area contributed by atoms with Crippen molar-refractivity contribution in [1.29, 1.82) is 0 Å². The fourth-order valence-corrected chi connectivity index (χ4v) is 1.17. The van der Waals surface area contributed by atoms with Crippen molar-refractivity contribution in [3.63, 3.8) is 0 Å². The van der Waals surface area contributed by atoms with Gasteiger partial charge < -0.3 is 11.1 Å². The van der Waals surface area contributed by atoms with Gasteiger partial charge in [0.15, 0.2) is 0 Å². The molecule has 0 aromatic heterocycles. The van der Waals surface area contributed by atoms with Crippen LogP contribution in [0.1, 0.15) is 0 Å². The summed E-state index contributed by atoms with van der Waals surface area (Å²) in [7, 11) is 0. The minimum absolute atomic E-state index is 0.378. The fourth-order valence-electron chi connectivity index (χ4n) is 0.724. The molecule has 1 aromatic rings. The van der Waals surface area contributed by atoms with E-state index < -0.39 is 6.03 Å². The minimum Gasteiger partial charge on any atom is -0.351 e. The summed E-state index contributed by atoms with van der Waals surface area (Å²) in [6.07, 6.45) is 0. The number of anilines is 1. The van der Waals surface area contributed by atoms with E-state index in [0.717, 1.165) is 0 Å². The molecule has 3 nitrogen and oxygen atoms in total. The van der Waals surface area contributed by atoms with E-state index in [1.807, 2.05) is 0 Å². The van der Waals surface area contributed by atoms with Gasteiger partial charge in [-0.3, -0.25) is 0 Å². The Balaban J connectivity index is 2.93. The molecular weight excluding hydrogens is 227 g/mol. The second-order valence-corrected chi connectivity index (χ2v) is 2.97. The van der Waals surface area contributed by atoms with Gasteiger partial charge in [0.05, 0.1) is 5.69 Å².